The van der Waals surface area contributed by atoms with Crippen molar-refractivity contribution in [3.8, 4) is 10.4 Å². The van der Waals surface area contributed by atoms with E-state index in [1.54, 1.807) is 17.5 Å². The van der Waals surface area contributed by atoms with E-state index in [1.807, 2.05) is 12.3 Å². The smallest absolute Gasteiger partial charge is 0.0460 e. The van der Waals surface area contributed by atoms with Crippen molar-refractivity contribution >= 4 is 11.3 Å². The molecule has 0 saturated carbocycles. The molecule has 0 spiro atoms. The van der Waals surface area contributed by atoms with Crippen LogP contribution in [0.3, 0.4) is 0 Å². The fourth-order valence-corrected chi connectivity index (χ4v) is 2.72. The maximum atomic E-state index is 9.01. The minimum Gasteiger partial charge on any atom is -0.396 e. The highest BCUT2D eigenvalue weighted by molar-refractivity contribution is 7.15. The summed E-state index contributed by atoms with van der Waals surface area (Å²) >= 11 is 1.78. The molecule has 2 aromatic heterocycles. The molecule has 1 atom stereocenters. The second kappa shape index (κ2) is 5.23. The molecule has 0 bridgehead atoms. The van der Waals surface area contributed by atoms with Crippen LogP contribution in [0.1, 0.15) is 11.8 Å². The van der Waals surface area contributed by atoms with E-state index in [1.165, 1.54) is 9.75 Å². The summed E-state index contributed by atoms with van der Waals surface area (Å²) in [5.41, 5.74) is 1.16. The summed E-state index contributed by atoms with van der Waals surface area (Å²) in [6, 6.07) is 8.28. The standard InChI is InChI=1S/C13H15NOS/c1-10(9-15)7-12-4-5-13(16-12)11-3-2-6-14-8-11/h2-6,8,10,15H,7,9H2,1H3/t10-/m1/s1. The number of nitrogens with zero attached hydrogens (tertiary/aromatic N) is 1. The Kier molecular flexibility index (Phi) is 3.70. The van der Waals surface area contributed by atoms with Crippen LogP contribution >= 0.6 is 11.3 Å². The van der Waals surface area contributed by atoms with Crippen molar-refractivity contribution < 1.29 is 5.11 Å². The van der Waals surface area contributed by atoms with Gasteiger partial charge in [0.2, 0.25) is 0 Å². The maximum absolute atomic E-state index is 9.01. The molecular formula is C13H15NOS. The van der Waals surface area contributed by atoms with Crippen LogP contribution in [0.5, 0.6) is 0 Å². The van der Waals surface area contributed by atoms with E-state index < -0.39 is 0 Å². The molecule has 16 heavy (non-hydrogen) atoms. The highest BCUT2D eigenvalue weighted by atomic mass is 32.1. The zero-order chi connectivity index (χ0) is 11.4. The summed E-state index contributed by atoms with van der Waals surface area (Å²) in [5.74, 6) is 0.334. The van der Waals surface area contributed by atoms with Crippen molar-refractivity contribution in [2.75, 3.05) is 6.61 Å². The molecule has 0 aliphatic carbocycles. The van der Waals surface area contributed by atoms with Crippen LogP contribution in [0.4, 0.5) is 0 Å². The fourth-order valence-electron chi connectivity index (χ4n) is 1.56. The van der Waals surface area contributed by atoms with Gasteiger partial charge in [0.25, 0.3) is 0 Å². The van der Waals surface area contributed by atoms with Gasteiger partial charge in [0.05, 0.1) is 0 Å². The Labute approximate surface area is 99.6 Å². The Morgan fingerprint density at radius 3 is 2.94 bits per heavy atom. The molecule has 0 fully saturated rings. The van der Waals surface area contributed by atoms with Crippen LogP contribution in [0, 0.1) is 5.92 Å². The van der Waals surface area contributed by atoms with Crippen molar-refractivity contribution in [3.63, 3.8) is 0 Å². The van der Waals surface area contributed by atoms with E-state index in [0.29, 0.717) is 5.92 Å². The van der Waals surface area contributed by atoms with Crippen molar-refractivity contribution in [2.45, 2.75) is 13.3 Å². The highest BCUT2D eigenvalue weighted by Gasteiger charge is 2.06. The molecule has 0 aliphatic heterocycles. The van der Waals surface area contributed by atoms with Gasteiger partial charge in [-0.1, -0.05) is 13.0 Å². The lowest BCUT2D eigenvalue weighted by atomic mass is 10.1. The third kappa shape index (κ3) is 2.68. The van der Waals surface area contributed by atoms with Gasteiger partial charge in [-0.25, -0.2) is 0 Å². The van der Waals surface area contributed by atoms with Crippen LogP contribution in [0.2, 0.25) is 0 Å². The Hall–Kier alpha value is -1.19. The first-order valence-corrected chi connectivity index (χ1v) is 6.21. The predicted molar refractivity (Wildman–Crippen MR) is 67.5 cm³/mol. The SMILES string of the molecule is C[C@@H](CO)Cc1ccc(-c2cccnc2)s1. The van der Waals surface area contributed by atoms with E-state index in [-0.39, 0.29) is 6.61 Å². The van der Waals surface area contributed by atoms with Crippen molar-refractivity contribution in [1.82, 2.24) is 4.98 Å². The van der Waals surface area contributed by atoms with Gasteiger partial charge in [-0.3, -0.25) is 4.98 Å². The summed E-state index contributed by atoms with van der Waals surface area (Å²) in [5, 5.41) is 9.01. The molecule has 2 aromatic rings. The number of hydrogen-bond donors (Lipinski definition) is 1. The Balaban J connectivity index is 2.14. The van der Waals surface area contributed by atoms with Gasteiger partial charge in [-0.15, -0.1) is 11.3 Å². The molecule has 0 amide bonds. The summed E-state index contributed by atoms with van der Waals surface area (Å²) in [6.07, 6.45) is 4.61. The molecule has 0 saturated heterocycles. The summed E-state index contributed by atoms with van der Waals surface area (Å²) < 4.78 is 0. The number of hydrogen-bond acceptors (Lipinski definition) is 3. The lowest BCUT2D eigenvalue weighted by Gasteiger charge is -2.04. The van der Waals surface area contributed by atoms with Gasteiger partial charge in [-0.05, 0) is 30.5 Å². The molecule has 2 heterocycles. The van der Waals surface area contributed by atoms with E-state index in [4.69, 9.17) is 5.11 Å². The van der Waals surface area contributed by atoms with E-state index in [9.17, 15) is 0 Å². The Bertz CT molecular complexity index is 438. The monoisotopic (exact) mass is 233 g/mol. The van der Waals surface area contributed by atoms with Crippen molar-refractivity contribution in [1.29, 1.82) is 0 Å². The topological polar surface area (TPSA) is 33.1 Å². The second-order valence-electron chi connectivity index (χ2n) is 4.00. The number of pyridine rings is 1. The molecule has 0 unspecified atom stereocenters. The lowest BCUT2D eigenvalue weighted by molar-refractivity contribution is 0.237. The molecule has 0 radical (unpaired) electrons. The van der Waals surface area contributed by atoms with E-state index in [2.05, 4.69) is 30.1 Å². The number of thiophene rings is 1. The van der Waals surface area contributed by atoms with Gasteiger partial charge in [0, 0.05) is 34.3 Å². The fraction of sp³-hybridized carbons (Fsp3) is 0.308. The molecule has 0 aliphatic rings. The molecule has 0 aromatic carbocycles. The van der Waals surface area contributed by atoms with Gasteiger partial charge >= 0.3 is 0 Å². The second-order valence-corrected chi connectivity index (χ2v) is 5.17. The molecule has 3 heteroatoms. The van der Waals surface area contributed by atoms with Crippen LogP contribution in [0.25, 0.3) is 10.4 Å². The summed E-state index contributed by atoms with van der Waals surface area (Å²) in [7, 11) is 0. The number of aromatic nitrogens is 1. The number of aliphatic hydroxyl groups is 1. The first-order valence-electron chi connectivity index (χ1n) is 5.39. The van der Waals surface area contributed by atoms with Crippen LogP contribution < -0.4 is 0 Å². The zero-order valence-corrected chi connectivity index (χ0v) is 10.1. The van der Waals surface area contributed by atoms with E-state index in [0.717, 1.165) is 12.0 Å². The third-order valence-electron chi connectivity index (χ3n) is 2.47. The third-order valence-corrected chi connectivity index (χ3v) is 3.63. The maximum Gasteiger partial charge on any atom is 0.0460 e. The van der Waals surface area contributed by atoms with E-state index >= 15 is 0 Å². The van der Waals surface area contributed by atoms with Gasteiger partial charge in [-0.2, -0.15) is 0 Å². The first-order chi connectivity index (χ1) is 7.79. The van der Waals surface area contributed by atoms with Crippen molar-refractivity contribution in [2.24, 2.45) is 5.92 Å². The highest BCUT2D eigenvalue weighted by Crippen LogP contribution is 2.28. The minimum atomic E-state index is 0.250. The molecule has 2 rings (SSSR count). The largest absolute Gasteiger partial charge is 0.396 e. The van der Waals surface area contributed by atoms with Gasteiger partial charge in [0.15, 0.2) is 0 Å². The van der Waals surface area contributed by atoms with Crippen LogP contribution in [-0.2, 0) is 6.42 Å². The Morgan fingerprint density at radius 2 is 2.25 bits per heavy atom. The summed E-state index contributed by atoms with van der Waals surface area (Å²) in [4.78, 5) is 6.68. The van der Waals surface area contributed by atoms with Gasteiger partial charge in [0.1, 0.15) is 0 Å². The Morgan fingerprint density at radius 1 is 1.38 bits per heavy atom. The first kappa shape index (κ1) is 11.3. The molecule has 84 valence electrons. The van der Waals surface area contributed by atoms with Gasteiger partial charge < -0.3 is 5.11 Å². The molecular weight excluding hydrogens is 218 g/mol. The van der Waals surface area contributed by atoms with Crippen LogP contribution in [0.15, 0.2) is 36.7 Å². The predicted octanol–water partition coefficient (Wildman–Crippen LogP) is 2.98. The quantitative estimate of drug-likeness (QED) is 0.880. The summed E-state index contributed by atoms with van der Waals surface area (Å²) in [6.45, 7) is 2.31. The van der Waals surface area contributed by atoms with Crippen LogP contribution in [-0.4, -0.2) is 16.7 Å². The van der Waals surface area contributed by atoms with Crippen molar-refractivity contribution in [3.05, 3.63) is 41.5 Å². The molecule has 2 nitrogen and oxygen atoms in total. The average molecular weight is 233 g/mol. The minimum absolute atomic E-state index is 0.250. The lowest BCUT2D eigenvalue weighted by Crippen LogP contribution is -2.02. The zero-order valence-electron chi connectivity index (χ0n) is 9.26. The average Bonchev–Trinajstić information content (AvgIpc) is 2.78. The number of aliphatic hydroxyl groups excluding tert-OH is 1. The normalized spacial score (nSPS) is 12.6. The molecule has 1 N–H and O–H groups in total. The number of rotatable bonds is 4.